The Morgan fingerprint density at radius 2 is 1.85 bits per heavy atom. The first-order valence-corrected chi connectivity index (χ1v) is 7.08. The number of benzene rings is 1. The molecule has 0 aliphatic carbocycles. The SMILES string of the molecule is Cn1cc(-c2cc(Cl)nc(-c3ccc(Br)cc3)n2)cn1. The minimum Gasteiger partial charge on any atom is -0.275 e. The molecule has 0 aliphatic heterocycles. The highest BCUT2D eigenvalue weighted by Gasteiger charge is 2.09. The zero-order chi connectivity index (χ0) is 14.1. The molecular weight excluding hydrogens is 340 g/mol. The van der Waals surface area contributed by atoms with Crippen LogP contribution >= 0.6 is 27.5 Å². The molecular formula is C14H10BrClN4. The van der Waals surface area contributed by atoms with Gasteiger partial charge in [0, 0.05) is 34.9 Å². The average molecular weight is 350 g/mol. The molecule has 0 N–H and O–H groups in total. The van der Waals surface area contributed by atoms with Gasteiger partial charge in [0.1, 0.15) is 5.15 Å². The Morgan fingerprint density at radius 1 is 1.10 bits per heavy atom. The molecule has 1 aromatic carbocycles. The minimum absolute atomic E-state index is 0.414. The predicted molar refractivity (Wildman–Crippen MR) is 82.4 cm³/mol. The molecule has 0 amide bonds. The first-order chi connectivity index (χ1) is 9.61. The highest BCUT2D eigenvalue weighted by atomic mass is 79.9. The van der Waals surface area contributed by atoms with Crippen molar-refractivity contribution in [2.75, 3.05) is 0 Å². The van der Waals surface area contributed by atoms with E-state index in [-0.39, 0.29) is 0 Å². The van der Waals surface area contributed by atoms with Crippen LogP contribution in [0.15, 0.2) is 47.2 Å². The smallest absolute Gasteiger partial charge is 0.161 e. The summed E-state index contributed by atoms with van der Waals surface area (Å²) < 4.78 is 2.74. The highest BCUT2D eigenvalue weighted by Crippen LogP contribution is 2.24. The van der Waals surface area contributed by atoms with Gasteiger partial charge in [0.15, 0.2) is 5.82 Å². The quantitative estimate of drug-likeness (QED) is 0.658. The second kappa shape index (κ2) is 5.34. The fourth-order valence-electron chi connectivity index (χ4n) is 1.85. The molecule has 0 saturated heterocycles. The van der Waals surface area contributed by atoms with E-state index in [1.807, 2.05) is 37.5 Å². The maximum Gasteiger partial charge on any atom is 0.161 e. The van der Waals surface area contributed by atoms with Crippen molar-refractivity contribution in [1.29, 1.82) is 0 Å². The van der Waals surface area contributed by atoms with Crippen LogP contribution in [0, 0.1) is 0 Å². The van der Waals surface area contributed by atoms with Crippen molar-refractivity contribution in [3.05, 3.63) is 52.4 Å². The monoisotopic (exact) mass is 348 g/mol. The Balaban J connectivity index is 2.09. The number of rotatable bonds is 2. The Bertz CT molecular complexity index is 752. The molecule has 0 radical (unpaired) electrons. The average Bonchev–Trinajstić information content (AvgIpc) is 2.85. The number of nitrogens with zero attached hydrogens (tertiary/aromatic N) is 4. The van der Waals surface area contributed by atoms with Crippen molar-refractivity contribution in [1.82, 2.24) is 19.7 Å². The topological polar surface area (TPSA) is 43.6 Å². The summed E-state index contributed by atoms with van der Waals surface area (Å²) in [6.07, 6.45) is 3.65. The highest BCUT2D eigenvalue weighted by molar-refractivity contribution is 9.10. The van der Waals surface area contributed by atoms with Crippen LogP contribution in [0.5, 0.6) is 0 Å². The number of aromatic nitrogens is 4. The summed E-state index contributed by atoms with van der Waals surface area (Å²) in [6, 6.07) is 9.53. The Labute approximate surface area is 129 Å². The normalized spacial score (nSPS) is 10.8. The lowest BCUT2D eigenvalue weighted by molar-refractivity contribution is 0.768. The molecule has 0 saturated carbocycles. The van der Waals surface area contributed by atoms with Crippen LogP contribution in [-0.4, -0.2) is 19.7 Å². The van der Waals surface area contributed by atoms with Gasteiger partial charge in [0.05, 0.1) is 11.9 Å². The molecule has 2 heterocycles. The van der Waals surface area contributed by atoms with E-state index in [0.29, 0.717) is 11.0 Å². The molecule has 6 heteroatoms. The summed E-state index contributed by atoms with van der Waals surface area (Å²) in [5.41, 5.74) is 2.59. The fraction of sp³-hybridized carbons (Fsp3) is 0.0714. The summed E-state index contributed by atoms with van der Waals surface area (Å²) in [4.78, 5) is 8.83. The van der Waals surface area contributed by atoms with Crippen molar-refractivity contribution in [2.45, 2.75) is 0 Å². The maximum atomic E-state index is 6.10. The van der Waals surface area contributed by atoms with Crippen molar-refractivity contribution >= 4 is 27.5 Å². The molecule has 0 bridgehead atoms. The van der Waals surface area contributed by atoms with Crippen molar-refractivity contribution in [2.24, 2.45) is 7.05 Å². The molecule has 20 heavy (non-hydrogen) atoms. The van der Waals surface area contributed by atoms with E-state index in [1.54, 1.807) is 16.9 Å². The van der Waals surface area contributed by atoms with Crippen LogP contribution in [0.25, 0.3) is 22.6 Å². The first-order valence-electron chi connectivity index (χ1n) is 5.91. The van der Waals surface area contributed by atoms with Gasteiger partial charge in [0.2, 0.25) is 0 Å². The molecule has 0 unspecified atom stereocenters. The maximum absolute atomic E-state index is 6.10. The van der Waals surface area contributed by atoms with Crippen LogP contribution in [-0.2, 0) is 7.05 Å². The molecule has 0 aliphatic rings. The third kappa shape index (κ3) is 2.73. The van der Waals surface area contributed by atoms with Gasteiger partial charge in [-0.05, 0) is 12.1 Å². The third-order valence-corrected chi connectivity index (χ3v) is 3.52. The lowest BCUT2D eigenvalue weighted by atomic mass is 10.2. The second-order valence-electron chi connectivity index (χ2n) is 4.31. The first kappa shape index (κ1) is 13.3. The van der Waals surface area contributed by atoms with Gasteiger partial charge < -0.3 is 0 Å². The zero-order valence-corrected chi connectivity index (χ0v) is 12.9. The van der Waals surface area contributed by atoms with E-state index in [4.69, 9.17) is 11.6 Å². The molecule has 2 aromatic heterocycles. The van der Waals surface area contributed by atoms with Crippen LogP contribution in [0.3, 0.4) is 0 Å². The molecule has 3 aromatic rings. The Morgan fingerprint density at radius 3 is 2.50 bits per heavy atom. The summed E-state index contributed by atoms with van der Waals surface area (Å²) in [6.45, 7) is 0. The van der Waals surface area contributed by atoms with Crippen molar-refractivity contribution in [3.63, 3.8) is 0 Å². The van der Waals surface area contributed by atoms with Gasteiger partial charge in [-0.25, -0.2) is 9.97 Å². The van der Waals surface area contributed by atoms with Crippen LogP contribution in [0.2, 0.25) is 5.15 Å². The Kier molecular flexibility index (Phi) is 3.54. The minimum atomic E-state index is 0.414. The zero-order valence-electron chi connectivity index (χ0n) is 10.6. The van der Waals surface area contributed by atoms with Crippen molar-refractivity contribution in [3.8, 4) is 22.6 Å². The van der Waals surface area contributed by atoms with E-state index in [0.717, 1.165) is 21.3 Å². The van der Waals surface area contributed by atoms with E-state index < -0.39 is 0 Å². The predicted octanol–water partition coefficient (Wildman–Crippen LogP) is 3.96. The van der Waals surface area contributed by atoms with Gasteiger partial charge >= 0.3 is 0 Å². The largest absolute Gasteiger partial charge is 0.275 e. The van der Waals surface area contributed by atoms with E-state index in [2.05, 4.69) is 31.0 Å². The summed E-state index contributed by atoms with van der Waals surface area (Å²) in [7, 11) is 1.86. The molecule has 3 rings (SSSR count). The molecule has 0 spiro atoms. The van der Waals surface area contributed by atoms with Gasteiger partial charge in [0.25, 0.3) is 0 Å². The second-order valence-corrected chi connectivity index (χ2v) is 5.61. The lowest BCUT2D eigenvalue weighted by Gasteiger charge is -2.04. The van der Waals surface area contributed by atoms with Crippen LogP contribution in [0.4, 0.5) is 0 Å². The van der Waals surface area contributed by atoms with Crippen LogP contribution < -0.4 is 0 Å². The molecule has 0 atom stereocenters. The number of hydrogen-bond acceptors (Lipinski definition) is 3. The third-order valence-electron chi connectivity index (χ3n) is 2.80. The van der Waals surface area contributed by atoms with Crippen molar-refractivity contribution < 1.29 is 0 Å². The standard InChI is InChI=1S/C14H10BrClN4/c1-20-8-10(7-17-20)12-6-13(16)19-14(18-12)9-2-4-11(15)5-3-9/h2-8H,1H3. The fourth-order valence-corrected chi connectivity index (χ4v) is 2.29. The van der Waals surface area contributed by atoms with Gasteiger partial charge in [-0.15, -0.1) is 0 Å². The van der Waals surface area contributed by atoms with Gasteiger partial charge in [-0.3, -0.25) is 4.68 Å². The Hall–Kier alpha value is -1.72. The van der Waals surface area contributed by atoms with E-state index in [1.165, 1.54) is 0 Å². The summed E-state index contributed by atoms with van der Waals surface area (Å²) >= 11 is 9.51. The molecule has 4 nitrogen and oxygen atoms in total. The van der Waals surface area contributed by atoms with Crippen LogP contribution in [0.1, 0.15) is 0 Å². The van der Waals surface area contributed by atoms with E-state index >= 15 is 0 Å². The van der Waals surface area contributed by atoms with Gasteiger partial charge in [-0.2, -0.15) is 5.10 Å². The summed E-state index contributed by atoms with van der Waals surface area (Å²) in [5, 5.41) is 4.56. The van der Waals surface area contributed by atoms with Gasteiger partial charge in [-0.1, -0.05) is 39.7 Å². The number of hydrogen-bond donors (Lipinski definition) is 0. The molecule has 100 valence electrons. The molecule has 0 fully saturated rings. The number of aryl methyl sites for hydroxylation is 1. The summed E-state index contributed by atoms with van der Waals surface area (Å²) in [5.74, 6) is 0.601. The number of halogens is 2. The van der Waals surface area contributed by atoms with E-state index in [9.17, 15) is 0 Å². The lowest BCUT2D eigenvalue weighted by Crippen LogP contribution is -1.92.